The van der Waals surface area contributed by atoms with E-state index in [9.17, 15) is 9.18 Å². The van der Waals surface area contributed by atoms with Crippen LogP contribution in [0.15, 0.2) is 35.7 Å². The fraction of sp³-hybridized carbons (Fsp3) is 0.348. The second-order valence-electron chi connectivity index (χ2n) is 8.13. The number of rotatable bonds is 6. The Bertz CT molecular complexity index is 1240. The molecular formula is C23H24FN5OS2. The topological polar surface area (TPSA) is 63.1 Å². The molecule has 0 bridgehead atoms. The molecule has 5 rings (SSSR count). The Labute approximate surface area is 193 Å². The molecule has 166 valence electrons. The van der Waals surface area contributed by atoms with Crippen LogP contribution in [0.5, 0.6) is 0 Å². The summed E-state index contributed by atoms with van der Waals surface area (Å²) in [5.74, 6) is -0.412. The third-order valence-electron chi connectivity index (χ3n) is 5.68. The van der Waals surface area contributed by atoms with E-state index in [1.807, 2.05) is 23.1 Å². The number of likely N-dealkylation sites (tertiary alicyclic amines) is 1. The van der Waals surface area contributed by atoms with E-state index in [1.54, 1.807) is 12.1 Å². The smallest absolute Gasteiger partial charge is 0.267 e. The van der Waals surface area contributed by atoms with Crippen LogP contribution in [0.2, 0.25) is 0 Å². The maximum Gasteiger partial charge on any atom is 0.267 e. The number of amides is 1. The highest BCUT2D eigenvalue weighted by molar-refractivity contribution is 7.20. The predicted molar refractivity (Wildman–Crippen MR) is 127 cm³/mol. The molecular weight excluding hydrogens is 445 g/mol. The highest BCUT2D eigenvalue weighted by Crippen LogP contribution is 2.30. The molecule has 4 aromatic rings. The minimum absolute atomic E-state index is 0.155. The Balaban J connectivity index is 1.29. The van der Waals surface area contributed by atoms with Crippen LogP contribution >= 0.6 is 22.7 Å². The van der Waals surface area contributed by atoms with Gasteiger partial charge in [0.2, 0.25) is 0 Å². The van der Waals surface area contributed by atoms with Crippen LogP contribution in [0.1, 0.15) is 45.9 Å². The highest BCUT2D eigenvalue weighted by Gasteiger charge is 2.18. The SMILES string of the molecule is Cc1nn(Cc2ccc(F)cc2)c2sc(C(=O)Nc3nc(CN4CCCCC4)cs3)cc12. The summed E-state index contributed by atoms with van der Waals surface area (Å²) in [6.45, 7) is 5.54. The molecule has 0 saturated carbocycles. The third-order valence-corrected chi connectivity index (χ3v) is 7.64. The van der Waals surface area contributed by atoms with Crippen molar-refractivity contribution in [2.24, 2.45) is 0 Å². The van der Waals surface area contributed by atoms with Crippen molar-refractivity contribution in [1.82, 2.24) is 19.7 Å². The predicted octanol–water partition coefficient (Wildman–Crippen LogP) is 5.29. The second kappa shape index (κ2) is 9.09. The summed E-state index contributed by atoms with van der Waals surface area (Å²) < 4.78 is 15.1. The summed E-state index contributed by atoms with van der Waals surface area (Å²) in [6.07, 6.45) is 3.81. The number of aromatic nitrogens is 3. The molecule has 0 spiro atoms. The average Bonchev–Trinajstić information content (AvgIpc) is 3.49. The number of hydrogen-bond donors (Lipinski definition) is 1. The number of thiazole rings is 1. The van der Waals surface area contributed by atoms with Crippen molar-refractivity contribution in [3.8, 4) is 0 Å². The van der Waals surface area contributed by atoms with Gasteiger partial charge in [0.1, 0.15) is 10.6 Å². The van der Waals surface area contributed by atoms with Crippen LogP contribution in [0.4, 0.5) is 9.52 Å². The fourth-order valence-electron chi connectivity index (χ4n) is 4.04. The first-order valence-electron chi connectivity index (χ1n) is 10.7. The first kappa shape index (κ1) is 21.2. The van der Waals surface area contributed by atoms with Crippen LogP contribution in [-0.4, -0.2) is 38.7 Å². The number of anilines is 1. The monoisotopic (exact) mass is 469 g/mol. The lowest BCUT2D eigenvalue weighted by Gasteiger charge is -2.25. The number of carbonyl (C=O) groups is 1. The van der Waals surface area contributed by atoms with Crippen LogP contribution < -0.4 is 5.32 Å². The van der Waals surface area contributed by atoms with E-state index >= 15 is 0 Å². The summed E-state index contributed by atoms with van der Waals surface area (Å²) in [5.41, 5.74) is 2.84. The minimum atomic E-state index is -0.258. The van der Waals surface area contributed by atoms with Gasteiger partial charge in [0.05, 0.1) is 22.8 Å². The van der Waals surface area contributed by atoms with Gasteiger partial charge in [-0.2, -0.15) is 5.10 Å². The van der Waals surface area contributed by atoms with Crippen molar-refractivity contribution in [2.45, 2.75) is 39.3 Å². The summed E-state index contributed by atoms with van der Waals surface area (Å²) in [4.78, 5) is 21.5. The van der Waals surface area contributed by atoms with E-state index in [0.717, 1.165) is 46.8 Å². The number of aryl methyl sites for hydroxylation is 1. The zero-order valence-corrected chi connectivity index (χ0v) is 19.4. The maximum absolute atomic E-state index is 13.2. The van der Waals surface area contributed by atoms with E-state index in [2.05, 4.69) is 20.3 Å². The van der Waals surface area contributed by atoms with Crippen molar-refractivity contribution < 1.29 is 9.18 Å². The van der Waals surface area contributed by atoms with Crippen molar-refractivity contribution in [3.05, 3.63) is 63.4 Å². The number of benzene rings is 1. The fourth-order valence-corrected chi connectivity index (χ4v) is 5.79. The van der Waals surface area contributed by atoms with Gasteiger partial charge in [-0.25, -0.2) is 9.37 Å². The Morgan fingerprint density at radius 3 is 2.72 bits per heavy atom. The number of nitrogens with one attached hydrogen (secondary N) is 1. The molecule has 0 aliphatic carbocycles. The lowest BCUT2D eigenvalue weighted by atomic mass is 10.1. The van der Waals surface area contributed by atoms with Crippen molar-refractivity contribution in [3.63, 3.8) is 0 Å². The number of piperidine rings is 1. The van der Waals surface area contributed by atoms with Crippen LogP contribution in [0.25, 0.3) is 10.2 Å². The lowest BCUT2D eigenvalue weighted by Crippen LogP contribution is -2.29. The first-order chi connectivity index (χ1) is 15.5. The molecule has 1 amide bonds. The Morgan fingerprint density at radius 1 is 1.16 bits per heavy atom. The summed E-state index contributed by atoms with van der Waals surface area (Å²) in [5, 5.41) is 11.2. The molecule has 0 atom stereocenters. The molecule has 1 aliphatic rings. The van der Waals surface area contributed by atoms with Gasteiger partial charge in [0.15, 0.2) is 5.13 Å². The lowest BCUT2D eigenvalue weighted by molar-refractivity contribution is 0.103. The number of thiophene rings is 1. The number of hydrogen-bond acceptors (Lipinski definition) is 6. The Kier molecular flexibility index (Phi) is 6.03. The van der Waals surface area contributed by atoms with Gasteiger partial charge in [-0.1, -0.05) is 18.6 Å². The van der Waals surface area contributed by atoms with E-state index < -0.39 is 0 Å². The number of nitrogens with zero attached hydrogens (tertiary/aromatic N) is 4. The largest absolute Gasteiger partial charge is 0.297 e. The highest BCUT2D eigenvalue weighted by atomic mass is 32.1. The van der Waals surface area contributed by atoms with E-state index in [-0.39, 0.29) is 11.7 Å². The summed E-state index contributed by atoms with van der Waals surface area (Å²) >= 11 is 2.88. The Morgan fingerprint density at radius 2 is 1.94 bits per heavy atom. The third kappa shape index (κ3) is 4.60. The van der Waals surface area contributed by atoms with E-state index in [4.69, 9.17) is 0 Å². The van der Waals surface area contributed by atoms with Gasteiger partial charge in [-0.15, -0.1) is 22.7 Å². The molecule has 1 aliphatic heterocycles. The van der Waals surface area contributed by atoms with Crippen LogP contribution in [-0.2, 0) is 13.1 Å². The van der Waals surface area contributed by atoms with Gasteiger partial charge in [0.25, 0.3) is 5.91 Å². The number of halogens is 1. The zero-order valence-electron chi connectivity index (χ0n) is 17.8. The van der Waals surface area contributed by atoms with Crippen LogP contribution in [0.3, 0.4) is 0 Å². The van der Waals surface area contributed by atoms with E-state index in [1.165, 1.54) is 54.1 Å². The summed E-state index contributed by atoms with van der Waals surface area (Å²) in [7, 11) is 0. The molecule has 6 nitrogen and oxygen atoms in total. The standard InChI is InChI=1S/C23H24FN5OS2/c1-15-19-11-20(32-22(19)29(27-15)12-16-5-7-17(24)8-6-16)21(30)26-23-25-18(14-31-23)13-28-9-3-2-4-10-28/h5-8,11,14H,2-4,9-10,12-13H2,1H3,(H,25,26,30). The zero-order chi connectivity index (χ0) is 22.1. The second-order valence-corrected chi connectivity index (χ2v) is 10.0. The van der Waals surface area contributed by atoms with Gasteiger partial charge in [-0.05, 0) is 56.6 Å². The molecule has 1 fully saturated rings. The molecule has 32 heavy (non-hydrogen) atoms. The molecule has 1 N–H and O–H groups in total. The number of fused-ring (bicyclic) bond motifs is 1. The maximum atomic E-state index is 13.2. The average molecular weight is 470 g/mol. The Hall–Kier alpha value is -2.62. The summed E-state index contributed by atoms with van der Waals surface area (Å²) in [6, 6.07) is 8.29. The molecule has 0 unspecified atom stereocenters. The van der Waals surface area contributed by atoms with Gasteiger partial charge < -0.3 is 0 Å². The minimum Gasteiger partial charge on any atom is -0.297 e. The quantitative estimate of drug-likeness (QED) is 0.417. The van der Waals surface area contributed by atoms with Crippen molar-refractivity contribution >= 4 is 43.9 Å². The molecule has 1 saturated heterocycles. The van der Waals surface area contributed by atoms with E-state index in [0.29, 0.717) is 16.6 Å². The van der Waals surface area contributed by atoms with Crippen LogP contribution in [0, 0.1) is 12.7 Å². The molecule has 9 heteroatoms. The van der Waals surface area contributed by atoms with Crippen molar-refractivity contribution in [2.75, 3.05) is 18.4 Å². The van der Waals surface area contributed by atoms with Gasteiger partial charge in [0, 0.05) is 17.3 Å². The normalized spacial score (nSPS) is 14.8. The van der Waals surface area contributed by atoms with Gasteiger partial charge in [-0.3, -0.25) is 19.7 Å². The van der Waals surface area contributed by atoms with Crippen molar-refractivity contribution in [1.29, 1.82) is 0 Å². The molecule has 3 aromatic heterocycles. The molecule has 4 heterocycles. The number of carbonyl (C=O) groups excluding carboxylic acids is 1. The first-order valence-corrected chi connectivity index (χ1v) is 12.4. The molecule has 0 radical (unpaired) electrons. The van der Waals surface area contributed by atoms with Gasteiger partial charge >= 0.3 is 0 Å². The molecule has 1 aromatic carbocycles.